The summed E-state index contributed by atoms with van der Waals surface area (Å²) in [5.74, 6) is -1.69. The Bertz CT molecular complexity index is 1580. The van der Waals surface area contributed by atoms with Crippen molar-refractivity contribution in [1.82, 2.24) is 26.1 Å². The molecule has 17 nitrogen and oxygen atoms in total. The van der Waals surface area contributed by atoms with Gasteiger partial charge in [-0.2, -0.15) is 0 Å². The van der Waals surface area contributed by atoms with Gasteiger partial charge in [0.25, 0.3) is 5.91 Å². The number of ether oxygens (including phenoxy) is 3. The van der Waals surface area contributed by atoms with Crippen molar-refractivity contribution in [2.45, 2.75) is 124 Å². The van der Waals surface area contributed by atoms with Gasteiger partial charge in [0.2, 0.25) is 11.5 Å². The SMILES string of the molecule is CC(C)(C)OC(=O)NCc1cc(C[C@H]2NC(=O)[C@H]2NC(=O)C(=NOC(C)(C)C(=O)OC(C)(C)C)c2csc(NC(=O)OC(C)(C)C)n2)no1. The zero-order chi connectivity index (χ0) is 36.9. The van der Waals surface area contributed by atoms with Crippen LogP contribution in [-0.2, 0) is 46.4 Å². The lowest BCUT2D eigenvalue weighted by Crippen LogP contribution is -2.70. The van der Waals surface area contributed by atoms with Crippen LogP contribution in [0.5, 0.6) is 0 Å². The van der Waals surface area contributed by atoms with Crippen LogP contribution in [-0.4, -0.2) is 80.3 Å². The number of carbonyl (C=O) groups is 5. The van der Waals surface area contributed by atoms with E-state index in [9.17, 15) is 24.0 Å². The minimum absolute atomic E-state index is 0.0107. The summed E-state index contributed by atoms with van der Waals surface area (Å²) >= 11 is 0.986. The van der Waals surface area contributed by atoms with E-state index in [1.165, 1.54) is 19.2 Å². The summed E-state index contributed by atoms with van der Waals surface area (Å²) in [4.78, 5) is 73.0. The van der Waals surface area contributed by atoms with Gasteiger partial charge in [0, 0.05) is 17.9 Å². The zero-order valence-electron chi connectivity index (χ0n) is 29.6. The lowest BCUT2D eigenvalue weighted by Gasteiger charge is -2.36. The Balaban J connectivity index is 1.76. The van der Waals surface area contributed by atoms with Gasteiger partial charge < -0.3 is 39.5 Å². The van der Waals surface area contributed by atoms with Crippen molar-refractivity contribution in [2.75, 3.05) is 5.32 Å². The van der Waals surface area contributed by atoms with Crippen LogP contribution in [0.4, 0.5) is 14.7 Å². The number of hydrogen-bond donors (Lipinski definition) is 4. The number of oxime groups is 1. The fraction of sp³-hybridized carbons (Fsp3) is 0.613. The van der Waals surface area contributed by atoms with Gasteiger partial charge in [-0.3, -0.25) is 14.9 Å². The van der Waals surface area contributed by atoms with Gasteiger partial charge in [-0.1, -0.05) is 10.3 Å². The average molecular weight is 708 g/mol. The monoisotopic (exact) mass is 707 g/mol. The Morgan fingerprint density at radius 2 is 1.55 bits per heavy atom. The molecule has 1 saturated heterocycles. The van der Waals surface area contributed by atoms with Crippen LogP contribution in [0.25, 0.3) is 0 Å². The standard InChI is InChI=1S/C31H45N7O10S/c1-28(2,3)44-24(41)31(10,11)48-38-21(19-15-49-25(34-19)36-27(43)46-30(7,8)9)23(40)35-20-18(33-22(20)39)13-16-12-17(47-37-16)14-32-26(42)45-29(4,5)6/h12,15,18,20H,13-14H2,1-11H3,(H,32,42)(H,33,39)(H,35,40)(H,34,36,43)/t18-,20+/m1/s1. The van der Waals surface area contributed by atoms with Gasteiger partial charge in [0.1, 0.15) is 28.5 Å². The predicted octanol–water partition coefficient (Wildman–Crippen LogP) is 3.57. The molecule has 18 heteroatoms. The second-order valence-electron chi connectivity index (χ2n) is 14.6. The van der Waals surface area contributed by atoms with E-state index in [1.54, 1.807) is 68.4 Å². The Morgan fingerprint density at radius 1 is 0.939 bits per heavy atom. The Morgan fingerprint density at radius 3 is 2.14 bits per heavy atom. The number of hydrogen-bond acceptors (Lipinski definition) is 14. The topological polar surface area (TPSA) is 222 Å². The molecule has 0 bridgehead atoms. The molecule has 1 aliphatic heterocycles. The summed E-state index contributed by atoms with van der Waals surface area (Å²) < 4.78 is 21.2. The Kier molecular flexibility index (Phi) is 11.7. The van der Waals surface area contributed by atoms with Crippen molar-refractivity contribution in [3.05, 3.63) is 28.6 Å². The van der Waals surface area contributed by atoms with E-state index >= 15 is 0 Å². The molecule has 1 fully saturated rings. The molecule has 2 atom stereocenters. The third kappa shape index (κ3) is 12.3. The second-order valence-corrected chi connectivity index (χ2v) is 15.5. The van der Waals surface area contributed by atoms with E-state index in [-0.39, 0.29) is 29.5 Å². The maximum absolute atomic E-state index is 13.6. The first-order valence-corrected chi connectivity index (χ1v) is 16.3. The fourth-order valence-corrected chi connectivity index (χ4v) is 4.54. The minimum atomic E-state index is -1.62. The van der Waals surface area contributed by atoms with Crippen molar-refractivity contribution in [3.63, 3.8) is 0 Å². The first kappa shape index (κ1) is 38.7. The van der Waals surface area contributed by atoms with Gasteiger partial charge >= 0.3 is 18.2 Å². The summed E-state index contributed by atoms with van der Waals surface area (Å²) in [5.41, 5.74) is -3.79. The molecule has 0 spiro atoms. The molecular weight excluding hydrogens is 662 g/mol. The molecule has 0 radical (unpaired) electrons. The van der Waals surface area contributed by atoms with Gasteiger partial charge in [0.05, 0.1) is 18.3 Å². The van der Waals surface area contributed by atoms with E-state index < -0.39 is 64.5 Å². The third-order valence-corrected chi connectivity index (χ3v) is 6.72. The minimum Gasteiger partial charge on any atom is -0.457 e. The number of amides is 4. The summed E-state index contributed by atoms with van der Waals surface area (Å²) in [6.45, 7) is 18.3. The number of anilines is 1. The van der Waals surface area contributed by atoms with Gasteiger partial charge in [0.15, 0.2) is 16.6 Å². The van der Waals surface area contributed by atoms with Crippen LogP contribution in [0.1, 0.15) is 93.3 Å². The number of aromatic nitrogens is 2. The van der Waals surface area contributed by atoms with Crippen LogP contribution in [0, 0.1) is 0 Å². The highest BCUT2D eigenvalue weighted by Gasteiger charge is 2.42. The molecule has 4 N–H and O–H groups in total. The van der Waals surface area contributed by atoms with Crippen molar-refractivity contribution in [3.8, 4) is 0 Å². The van der Waals surface area contributed by atoms with Crippen LogP contribution < -0.4 is 21.3 Å². The smallest absolute Gasteiger partial charge is 0.413 e. The molecule has 0 aromatic carbocycles. The van der Waals surface area contributed by atoms with Crippen molar-refractivity contribution in [2.24, 2.45) is 5.16 Å². The normalized spacial score (nSPS) is 16.9. The average Bonchev–Trinajstić information content (AvgIpc) is 3.57. The molecule has 270 valence electrons. The highest BCUT2D eigenvalue weighted by molar-refractivity contribution is 7.14. The summed E-state index contributed by atoms with van der Waals surface area (Å²) in [6.07, 6.45) is -1.20. The van der Waals surface area contributed by atoms with Gasteiger partial charge in [-0.05, 0) is 76.2 Å². The summed E-state index contributed by atoms with van der Waals surface area (Å²) in [5, 5.41) is 19.9. The van der Waals surface area contributed by atoms with Crippen LogP contribution >= 0.6 is 11.3 Å². The van der Waals surface area contributed by atoms with E-state index in [0.717, 1.165) is 11.3 Å². The van der Waals surface area contributed by atoms with Crippen molar-refractivity contribution >= 4 is 52.2 Å². The van der Waals surface area contributed by atoms with E-state index in [4.69, 9.17) is 23.6 Å². The van der Waals surface area contributed by atoms with E-state index in [0.29, 0.717) is 11.5 Å². The molecule has 4 amide bonds. The van der Waals surface area contributed by atoms with Crippen LogP contribution in [0.15, 0.2) is 21.1 Å². The summed E-state index contributed by atoms with van der Waals surface area (Å²) in [7, 11) is 0. The number of thiazole rings is 1. The number of nitrogens with zero attached hydrogens (tertiary/aromatic N) is 3. The van der Waals surface area contributed by atoms with E-state index in [2.05, 4.69) is 36.6 Å². The second kappa shape index (κ2) is 14.8. The number of β-lactam (4-membered cyclic amide) rings is 1. The van der Waals surface area contributed by atoms with Crippen LogP contribution in [0.3, 0.4) is 0 Å². The number of carbonyl (C=O) groups excluding carboxylic acids is 5. The fourth-order valence-electron chi connectivity index (χ4n) is 3.85. The maximum Gasteiger partial charge on any atom is 0.413 e. The highest BCUT2D eigenvalue weighted by Crippen LogP contribution is 2.22. The largest absolute Gasteiger partial charge is 0.457 e. The molecule has 0 saturated carbocycles. The molecule has 0 unspecified atom stereocenters. The summed E-state index contributed by atoms with van der Waals surface area (Å²) in [6, 6.07) is 0.0253. The first-order valence-electron chi connectivity index (χ1n) is 15.4. The lowest BCUT2D eigenvalue weighted by atomic mass is 9.94. The molecular formula is C31H45N7O10S. The molecule has 3 heterocycles. The number of rotatable bonds is 11. The van der Waals surface area contributed by atoms with Gasteiger partial charge in [-0.15, -0.1) is 11.3 Å². The number of esters is 1. The molecule has 1 aliphatic rings. The lowest BCUT2D eigenvalue weighted by molar-refractivity contribution is -0.179. The number of nitrogens with one attached hydrogen (secondary N) is 4. The Labute approximate surface area is 288 Å². The third-order valence-electron chi connectivity index (χ3n) is 5.97. The van der Waals surface area contributed by atoms with E-state index in [1.807, 2.05) is 0 Å². The van der Waals surface area contributed by atoms with Crippen LogP contribution in [0.2, 0.25) is 0 Å². The molecule has 49 heavy (non-hydrogen) atoms. The molecule has 2 aromatic heterocycles. The number of alkyl carbamates (subject to hydrolysis) is 1. The highest BCUT2D eigenvalue weighted by atomic mass is 32.1. The first-order chi connectivity index (χ1) is 22.4. The van der Waals surface area contributed by atoms with Crippen molar-refractivity contribution in [1.29, 1.82) is 0 Å². The quantitative estimate of drug-likeness (QED) is 0.0866. The van der Waals surface area contributed by atoms with Crippen molar-refractivity contribution < 1.29 is 47.5 Å². The zero-order valence-corrected chi connectivity index (χ0v) is 30.4. The molecule has 3 rings (SSSR count). The Hall–Kier alpha value is -4.74. The molecule has 2 aromatic rings. The molecule has 0 aliphatic carbocycles. The maximum atomic E-state index is 13.6. The van der Waals surface area contributed by atoms with Gasteiger partial charge in [-0.25, -0.2) is 19.4 Å². The predicted molar refractivity (Wildman–Crippen MR) is 177 cm³/mol.